The molecule has 1 saturated heterocycles. The number of nitrogens with zero attached hydrogens (tertiary/aromatic N) is 5. The summed E-state index contributed by atoms with van der Waals surface area (Å²) < 4.78 is 20.4. The van der Waals surface area contributed by atoms with Crippen molar-refractivity contribution in [2.45, 2.75) is 51.7 Å². The topological polar surface area (TPSA) is 125 Å². The van der Waals surface area contributed by atoms with Crippen LogP contribution in [0.3, 0.4) is 0 Å². The number of amides is 1. The Hall–Kier alpha value is -4.12. The highest BCUT2D eigenvalue weighted by molar-refractivity contribution is 6.00. The smallest absolute Gasteiger partial charge is 0.246 e. The van der Waals surface area contributed by atoms with Crippen molar-refractivity contribution in [1.29, 1.82) is 0 Å². The molecule has 1 aromatic carbocycles. The molecule has 0 aliphatic carbocycles. The fourth-order valence-electron chi connectivity index (χ4n) is 4.49. The minimum Gasteiger partial charge on any atom is -0.363 e. The second-order valence-electron chi connectivity index (χ2n) is 10.4. The van der Waals surface area contributed by atoms with Gasteiger partial charge in [-0.25, -0.2) is 9.37 Å². The number of H-pyrrole nitrogens is 1. The number of carbonyl (C=O) groups excluding carboxylic acids is 1. The molecule has 0 bridgehead atoms. The van der Waals surface area contributed by atoms with Crippen molar-refractivity contribution in [1.82, 2.24) is 35.5 Å². The molecule has 1 aliphatic heterocycles. The van der Waals surface area contributed by atoms with Gasteiger partial charge in [0.2, 0.25) is 11.8 Å². The first-order valence-corrected chi connectivity index (χ1v) is 12.6. The quantitative estimate of drug-likeness (QED) is 0.300. The average Bonchev–Trinajstić information content (AvgIpc) is 3.65. The highest BCUT2D eigenvalue weighted by Crippen LogP contribution is 2.33. The monoisotopic (exact) mass is 518 g/mol. The standard InChI is InChI=1S/C27H31FN8O2/c1-5-22(37)36-11-9-18(15-36)31-25-23-19(8-10-30-24(23)33-34-25)16-6-7-17(20(28)12-16)13-29-14-21-32-26(38-35-21)27(2,3)4/h5-8,10,12,18,29H,1,9,11,13-15H2,2-4H3,(H2,30,31,33,34). The van der Waals surface area contributed by atoms with Crippen LogP contribution in [0.1, 0.15) is 44.5 Å². The third-order valence-electron chi connectivity index (χ3n) is 6.55. The van der Waals surface area contributed by atoms with Crippen LogP contribution in [0.5, 0.6) is 0 Å². The SMILES string of the molecule is C=CC(=O)N1CCC(Nc2n[nH]c3nccc(-c4ccc(CNCc5noc(C(C)(C)C)n5)c(F)c4)c23)C1. The Bertz CT molecular complexity index is 1470. The van der Waals surface area contributed by atoms with Crippen LogP contribution in [0, 0.1) is 5.82 Å². The summed E-state index contributed by atoms with van der Waals surface area (Å²) in [6.45, 7) is 11.5. The number of pyridine rings is 1. The first-order valence-electron chi connectivity index (χ1n) is 12.6. The van der Waals surface area contributed by atoms with E-state index < -0.39 is 0 Å². The highest BCUT2D eigenvalue weighted by atomic mass is 19.1. The van der Waals surface area contributed by atoms with Crippen molar-refractivity contribution < 1.29 is 13.7 Å². The molecule has 5 rings (SSSR count). The number of hydrogen-bond acceptors (Lipinski definition) is 8. The third kappa shape index (κ3) is 5.28. The van der Waals surface area contributed by atoms with Crippen molar-refractivity contribution in [2.75, 3.05) is 18.4 Å². The lowest BCUT2D eigenvalue weighted by molar-refractivity contribution is -0.125. The van der Waals surface area contributed by atoms with E-state index in [1.807, 2.05) is 32.9 Å². The first kappa shape index (κ1) is 25.5. The average molecular weight is 519 g/mol. The Morgan fingerprint density at radius 1 is 1.32 bits per heavy atom. The number of aromatic amines is 1. The molecule has 1 atom stereocenters. The zero-order valence-electron chi connectivity index (χ0n) is 21.7. The summed E-state index contributed by atoms with van der Waals surface area (Å²) in [4.78, 5) is 22.5. The molecule has 1 fully saturated rings. The van der Waals surface area contributed by atoms with E-state index >= 15 is 4.39 Å². The van der Waals surface area contributed by atoms with Crippen LogP contribution >= 0.6 is 0 Å². The summed E-state index contributed by atoms with van der Waals surface area (Å²) >= 11 is 0. The summed E-state index contributed by atoms with van der Waals surface area (Å²) in [5, 5.41) is 18.7. The third-order valence-corrected chi connectivity index (χ3v) is 6.55. The van der Waals surface area contributed by atoms with Crippen LogP contribution in [-0.4, -0.2) is 55.3 Å². The van der Waals surface area contributed by atoms with Gasteiger partial charge in [0.1, 0.15) is 5.82 Å². The van der Waals surface area contributed by atoms with E-state index in [0.717, 1.165) is 17.4 Å². The molecule has 1 unspecified atom stereocenters. The number of halogens is 1. The zero-order chi connectivity index (χ0) is 26.9. The maximum absolute atomic E-state index is 15.1. The van der Waals surface area contributed by atoms with Gasteiger partial charge in [0.05, 0.1) is 11.9 Å². The molecule has 1 aliphatic rings. The van der Waals surface area contributed by atoms with Gasteiger partial charge in [0, 0.05) is 42.9 Å². The first-order chi connectivity index (χ1) is 18.2. The molecule has 4 heterocycles. The van der Waals surface area contributed by atoms with E-state index in [1.165, 1.54) is 12.1 Å². The molecular formula is C27H31FN8O2. The van der Waals surface area contributed by atoms with Crippen molar-refractivity contribution >= 4 is 22.8 Å². The molecule has 0 spiro atoms. The number of carbonyl (C=O) groups is 1. The summed E-state index contributed by atoms with van der Waals surface area (Å²) in [5.74, 6) is 1.32. The number of likely N-dealkylation sites (tertiary alicyclic amines) is 1. The van der Waals surface area contributed by atoms with Crippen molar-refractivity contribution in [3.05, 3.63) is 66.2 Å². The lowest BCUT2D eigenvalue weighted by atomic mass is 9.97. The maximum atomic E-state index is 15.1. The molecule has 0 saturated carbocycles. The minimum atomic E-state index is -0.323. The van der Waals surface area contributed by atoms with Crippen molar-refractivity contribution in [3.63, 3.8) is 0 Å². The predicted octanol–water partition coefficient (Wildman–Crippen LogP) is 3.93. The van der Waals surface area contributed by atoms with Gasteiger partial charge < -0.3 is 20.1 Å². The normalized spacial score (nSPS) is 15.8. The minimum absolute atomic E-state index is 0.0438. The number of nitrogens with one attached hydrogen (secondary N) is 3. The Labute approximate surface area is 219 Å². The van der Waals surface area contributed by atoms with Gasteiger partial charge in [-0.15, -0.1) is 0 Å². The molecule has 38 heavy (non-hydrogen) atoms. The number of anilines is 1. The number of fused-ring (bicyclic) bond motifs is 1. The molecule has 198 valence electrons. The predicted molar refractivity (Wildman–Crippen MR) is 142 cm³/mol. The van der Waals surface area contributed by atoms with Crippen molar-refractivity contribution in [2.24, 2.45) is 0 Å². The fraction of sp³-hybridized carbons (Fsp3) is 0.370. The van der Waals surface area contributed by atoms with Crippen LogP contribution in [0.4, 0.5) is 10.2 Å². The summed E-state index contributed by atoms with van der Waals surface area (Å²) in [6.07, 6.45) is 3.79. The number of aromatic nitrogens is 5. The molecule has 3 aromatic heterocycles. The Kier molecular flexibility index (Phi) is 6.94. The Morgan fingerprint density at radius 2 is 2.16 bits per heavy atom. The molecule has 3 N–H and O–H groups in total. The Morgan fingerprint density at radius 3 is 2.89 bits per heavy atom. The van der Waals surface area contributed by atoms with E-state index in [-0.39, 0.29) is 23.2 Å². The molecule has 11 heteroatoms. The molecule has 10 nitrogen and oxygen atoms in total. The fourth-order valence-corrected chi connectivity index (χ4v) is 4.49. The zero-order valence-corrected chi connectivity index (χ0v) is 21.7. The van der Waals surface area contributed by atoms with E-state index in [1.54, 1.807) is 17.2 Å². The van der Waals surface area contributed by atoms with Gasteiger partial charge in [0.25, 0.3) is 0 Å². The number of rotatable bonds is 8. The van der Waals surface area contributed by atoms with Gasteiger partial charge in [-0.05, 0) is 35.8 Å². The largest absolute Gasteiger partial charge is 0.363 e. The second-order valence-corrected chi connectivity index (χ2v) is 10.4. The van der Waals surface area contributed by atoms with Gasteiger partial charge in [-0.1, -0.05) is 44.6 Å². The molecular weight excluding hydrogens is 487 g/mol. The van der Waals surface area contributed by atoms with E-state index in [2.05, 4.69) is 42.5 Å². The highest BCUT2D eigenvalue weighted by Gasteiger charge is 2.26. The second kappa shape index (κ2) is 10.3. The van der Waals surface area contributed by atoms with Crippen LogP contribution in [-0.2, 0) is 23.3 Å². The molecule has 1 amide bonds. The number of hydrogen-bond donors (Lipinski definition) is 3. The summed E-state index contributed by atoms with van der Waals surface area (Å²) in [6, 6.07) is 7.07. The van der Waals surface area contributed by atoms with Gasteiger partial charge >= 0.3 is 0 Å². The summed E-state index contributed by atoms with van der Waals surface area (Å²) in [7, 11) is 0. The molecule has 0 radical (unpaired) electrons. The van der Waals surface area contributed by atoms with Gasteiger partial charge in [0.15, 0.2) is 17.3 Å². The number of benzene rings is 1. The van der Waals surface area contributed by atoms with Crippen LogP contribution in [0.25, 0.3) is 22.2 Å². The van der Waals surface area contributed by atoms with Gasteiger partial charge in [-0.3, -0.25) is 9.89 Å². The van der Waals surface area contributed by atoms with E-state index in [4.69, 9.17) is 4.52 Å². The van der Waals surface area contributed by atoms with E-state index in [9.17, 15) is 4.79 Å². The lowest BCUT2D eigenvalue weighted by Gasteiger charge is -2.15. The lowest BCUT2D eigenvalue weighted by Crippen LogP contribution is -2.30. The molecule has 4 aromatic rings. The van der Waals surface area contributed by atoms with Crippen molar-refractivity contribution in [3.8, 4) is 11.1 Å². The maximum Gasteiger partial charge on any atom is 0.246 e. The van der Waals surface area contributed by atoms with Gasteiger partial charge in [-0.2, -0.15) is 10.1 Å². The van der Waals surface area contributed by atoms with Crippen LogP contribution < -0.4 is 10.6 Å². The van der Waals surface area contributed by atoms with Crippen LogP contribution in [0.2, 0.25) is 0 Å². The van der Waals surface area contributed by atoms with Crippen LogP contribution in [0.15, 0.2) is 47.6 Å². The summed E-state index contributed by atoms with van der Waals surface area (Å²) in [5.41, 5.74) is 2.43. The Balaban J connectivity index is 1.30. The van der Waals surface area contributed by atoms with E-state index in [0.29, 0.717) is 60.5 Å².